The maximum atomic E-state index is 13.5. The molecule has 1 aromatic carbocycles. The van der Waals surface area contributed by atoms with Crippen LogP contribution in [0.4, 0.5) is 18.2 Å². The maximum Gasteiger partial charge on any atom is 0.416 e. The zero-order valence-corrected chi connectivity index (χ0v) is 25.7. The molecule has 0 aliphatic heterocycles. The van der Waals surface area contributed by atoms with Crippen LogP contribution in [0.5, 0.6) is 0 Å². The molecule has 4 aromatic rings. The number of carbonyl (C=O) groups is 4. The first-order chi connectivity index (χ1) is 21.4. The molecule has 12 nitrogen and oxygen atoms in total. The number of hydrogen-bond acceptors (Lipinski definition) is 11. The minimum absolute atomic E-state index is 0.00460. The number of amides is 2. The second-order valence-corrected chi connectivity index (χ2v) is 10.9. The van der Waals surface area contributed by atoms with Gasteiger partial charge in [-0.05, 0) is 56.7 Å². The fourth-order valence-electron chi connectivity index (χ4n) is 3.98. The number of nitrogens with zero attached hydrogens (tertiary/aromatic N) is 3. The van der Waals surface area contributed by atoms with Crippen LogP contribution in [0, 0.1) is 6.92 Å². The quantitative estimate of drug-likeness (QED) is 0.151. The summed E-state index contributed by atoms with van der Waals surface area (Å²) in [5.41, 5.74) is -0.599. The van der Waals surface area contributed by atoms with E-state index in [2.05, 4.69) is 20.8 Å². The third-order valence-corrected chi connectivity index (χ3v) is 8.07. The Morgan fingerprint density at radius 2 is 1.78 bits per heavy atom. The highest BCUT2D eigenvalue weighted by Crippen LogP contribution is 2.35. The number of anilines is 1. The highest BCUT2D eigenvalue weighted by Gasteiger charge is 2.31. The van der Waals surface area contributed by atoms with Gasteiger partial charge in [0.15, 0.2) is 16.7 Å². The van der Waals surface area contributed by atoms with Gasteiger partial charge >= 0.3 is 18.1 Å². The van der Waals surface area contributed by atoms with E-state index in [0.29, 0.717) is 0 Å². The molecule has 0 radical (unpaired) electrons. The highest BCUT2D eigenvalue weighted by atomic mass is 32.2. The lowest BCUT2D eigenvalue weighted by Crippen LogP contribution is -2.24. The molecular formula is C28H26F3N5O7S2. The fraction of sp³-hybridized carbons (Fsp3) is 0.286. The predicted molar refractivity (Wildman–Crippen MR) is 157 cm³/mol. The zero-order chi connectivity index (χ0) is 32.7. The number of esters is 2. The number of furan rings is 1. The lowest BCUT2D eigenvalue weighted by Gasteiger charge is -2.13. The molecule has 0 aliphatic carbocycles. The van der Waals surface area contributed by atoms with Crippen molar-refractivity contribution in [3.8, 4) is 5.69 Å². The minimum Gasteiger partial charge on any atom is -0.462 e. The number of nitrogens with one attached hydrogen (secondary N) is 2. The van der Waals surface area contributed by atoms with Crippen LogP contribution >= 0.6 is 23.1 Å². The van der Waals surface area contributed by atoms with E-state index < -0.39 is 35.5 Å². The van der Waals surface area contributed by atoms with Crippen LogP contribution in [-0.2, 0) is 27.0 Å². The van der Waals surface area contributed by atoms with Crippen molar-refractivity contribution < 1.29 is 46.2 Å². The number of ether oxygens (including phenoxy) is 2. The van der Waals surface area contributed by atoms with E-state index in [1.165, 1.54) is 42.0 Å². The van der Waals surface area contributed by atoms with Crippen molar-refractivity contribution >= 4 is 51.9 Å². The Hall–Kier alpha value is -4.64. The average molecular weight is 666 g/mol. The standard InChI is InChI=1S/C28H26F3N5O7S2/c1-4-41-25(39)21-15(3)22(26(40)42-5-2)45-24(21)33-20(37)14-44-27-35-34-19(13-32-23(38)18-10-7-11-43-18)36(27)17-9-6-8-16(12-17)28(29,30)31/h6-12H,4-5,13-14H2,1-3H3,(H,32,38)(H,33,37). The molecular weight excluding hydrogens is 639 g/mol. The van der Waals surface area contributed by atoms with Crippen molar-refractivity contribution in [2.45, 2.75) is 38.6 Å². The number of halogens is 3. The molecule has 0 aliphatic rings. The third-order valence-electron chi connectivity index (χ3n) is 5.96. The first-order valence-corrected chi connectivity index (χ1v) is 15.1. The maximum absolute atomic E-state index is 13.5. The predicted octanol–water partition coefficient (Wildman–Crippen LogP) is 5.26. The van der Waals surface area contributed by atoms with Gasteiger partial charge in [-0.2, -0.15) is 13.2 Å². The van der Waals surface area contributed by atoms with Crippen molar-refractivity contribution in [1.82, 2.24) is 20.1 Å². The molecule has 3 heterocycles. The normalized spacial score (nSPS) is 11.2. The van der Waals surface area contributed by atoms with Gasteiger partial charge < -0.3 is 24.5 Å². The Balaban J connectivity index is 1.59. The van der Waals surface area contributed by atoms with Crippen LogP contribution in [0.1, 0.15) is 61.4 Å². The van der Waals surface area contributed by atoms with Crippen molar-refractivity contribution in [3.05, 3.63) is 75.8 Å². The van der Waals surface area contributed by atoms with Gasteiger partial charge in [0.25, 0.3) is 5.91 Å². The summed E-state index contributed by atoms with van der Waals surface area (Å²) in [7, 11) is 0. The molecule has 0 atom stereocenters. The van der Waals surface area contributed by atoms with E-state index in [0.717, 1.165) is 35.2 Å². The number of rotatable bonds is 12. The SMILES string of the molecule is CCOC(=O)c1sc(NC(=O)CSc2nnc(CNC(=O)c3ccco3)n2-c2cccc(C(F)(F)F)c2)c(C(=O)OCC)c1C. The zero-order valence-electron chi connectivity index (χ0n) is 24.0. The molecule has 3 aromatic heterocycles. The van der Waals surface area contributed by atoms with Crippen LogP contribution in [0.2, 0.25) is 0 Å². The van der Waals surface area contributed by atoms with Gasteiger partial charge in [-0.3, -0.25) is 14.2 Å². The molecule has 0 saturated heterocycles. The number of carbonyl (C=O) groups excluding carboxylic acids is 4. The van der Waals surface area contributed by atoms with Crippen LogP contribution in [0.3, 0.4) is 0 Å². The molecule has 17 heteroatoms. The summed E-state index contributed by atoms with van der Waals surface area (Å²) in [5.74, 6) is -2.83. The minimum atomic E-state index is -4.64. The van der Waals surface area contributed by atoms with Crippen molar-refractivity contribution in [1.29, 1.82) is 0 Å². The van der Waals surface area contributed by atoms with Crippen LogP contribution in [0.15, 0.2) is 52.2 Å². The van der Waals surface area contributed by atoms with Gasteiger partial charge in [0.05, 0.1) is 48.6 Å². The summed E-state index contributed by atoms with van der Waals surface area (Å²) < 4.78 is 57.0. The summed E-state index contributed by atoms with van der Waals surface area (Å²) >= 11 is 1.70. The van der Waals surface area contributed by atoms with Crippen molar-refractivity contribution in [3.63, 3.8) is 0 Å². The van der Waals surface area contributed by atoms with Crippen LogP contribution < -0.4 is 10.6 Å². The molecule has 238 valence electrons. The number of alkyl halides is 3. The Labute approximate surface area is 262 Å². The van der Waals surface area contributed by atoms with Crippen LogP contribution in [0.25, 0.3) is 5.69 Å². The number of benzene rings is 1. The number of aromatic nitrogens is 3. The first kappa shape index (κ1) is 33.3. The van der Waals surface area contributed by atoms with Gasteiger partial charge in [0.1, 0.15) is 9.88 Å². The lowest BCUT2D eigenvalue weighted by molar-refractivity contribution is -0.137. The Kier molecular flexibility index (Phi) is 10.7. The van der Waals surface area contributed by atoms with E-state index in [9.17, 15) is 32.3 Å². The number of thioether (sulfide) groups is 1. The Morgan fingerprint density at radius 1 is 1.04 bits per heavy atom. The van der Waals surface area contributed by atoms with E-state index in [4.69, 9.17) is 13.9 Å². The summed E-state index contributed by atoms with van der Waals surface area (Å²) in [6.45, 7) is 4.69. The molecule has 0 bridgehead atoms. The summed E-state index contributed by atoms with van der Waals surface area (Å²) in [5, 5.41) is 13.4. The molecule has 2 amide bonds. The second kappa shape index (κ2) is 14.4. The van der Waals surface area contributed by atoms with Gasteiger partial charge in [0, 0.05) is 0 Å². The molecule has 0 saturated carbocycles. The summed E-state index contributed by atoms with van der Waals surface area (Å²) in [4.78, 5) is 50.7. The lowest BCUT2D eigenvalue weighted by atomic mass is 10.1. The average Bonchev–Trinajstić information content (AvgIpc) is 3.74. The third kappa shape index (κ3) is 7.91. The van der Waals surface area contributed by atoms with E-state index in [1.54, 1.807) is 13.8 Å². The monoisotopic (exact) mass is 665 g/mol. The van der Waals surface area contributed by atoms with E-state index >= 15 is 0 Å². The van der Waals surface area contributed by atoms with E-state index in [-0.39, 0.29) is 68.9 Å². The topological polar surface area (TPSA) is 155 Å². The smallest absolute Gasteiger partial charge is 0.416 e. The molecule has 0 unspecified atom stereocenters. The van der Waals surface area contributed by atoms with Gasteiger partial charge in [-0.1, -0.05) is 17.8 Å². The fourth-order valence-corrected chi connectivity index (χ4v) is 5.85. The summed E-state index contributed by atoms with van der Waals surface area (Å²) in [6.07, 6.45) is -3.33. The van der Waals surface area contributed by atoms with Crippen LogP contribution in [-0.4, -0.2) is 57.5 Å². The van der Waals surface area contributed by atoms with Gasteiger partial charge in [-0.25, -0.2) is 9.59 Å². The highest BCUT2D eigenvalue weighted by molar-refractivity contribution is 7.99. The second-order valence-electron chi connectivity index (χ2n) is 8.98. The van der Waals surface area contributed by atoms with Crippen molar-refractivity contribution in [2.24, 2.45) is 0 Å². The largest absolute Gasteiger partial charge is 0.462 e. The Bertz CT molecular complexity index is 1700. The number of hydrogen-bond donors (Lipinski definition) is 2. The van der Waals surface area contributed by atoms with E-state index in [1.807, 2.05) is 0 Å². The molecule has 45 heavy (non-hydrogen) atoms. The van der Waals surface area contributed by atoms with Gasteiger partial charge in [0.2, 0.25) is 5.91 Å². The number of thiophene rings is 1. The Morgan fingerprint density at radius 3 is 2.44 bits per heavy atom. The first-order valence-electron chi connectivity index (χ1n) is 13.3. The molecule has 0 fully saturated rings. The van der Waals surface area contributed by atoms with Gasteiger partial charge in [-0.15, -0.1) is 21.5 Å². The molecule has 2 N–H and O–H groups in total. The summed E-state index contributed by atoms with van der Waals surface area (Å²) in [6, 6.07) is 7.36. The molecule has 4 rings (SSSR count). The molecule has 0 spiro atoms. The van der Waals surface area contributed by atoms with Crippen molar-refractivity contribution in [2.75, 3.05) is 24.3 Å².